The molecule has 0 bridgehead atoms. The number of aromatic nitrogens is 2. The topological polar surface area (TPSA) is 84.1 Å². The van der Waals surface area contributed by atoms with E-state index in [1.807, 2.05) is 30.3 Å². The third-order valence-corrected chi connectivity index (χ3v) is 4.15. The summed E-state index contributed by atoms with van der Waals surface area (Å²) in [5.41, 5.74) is 7.18. The van der Waals surface area contributed by atoms with Crippen molar-refractivity contribution >= 4 is 11.7 Å². The van der Waals surface area contributed by atoms with E-state index in [1.54, 1.807) is 0 Å². The molecule has 6 heteroatoms. The molecule has 1 aliphatic heterocycles. The van der Waals surface area contributed by atoms with E-state index < -0.39 is 0 Å². The molecule has 0 saturated carbocycles. The van der Waals surface area contributed by atoms with Crippen LogP contribution in [0.15, 0.2) is 36.5 Å². The molecule has 1 aromatic heterocycles. The van der Waals surface area contributed by atoms with Gasteiger partial charge in [0.2, 0.25) is 0 Å². The van der Waals surface area contributed by atoms with Crippen molar-refractivity contribution in [1.29, 1.82) is 0 Å². The number of nitrogens with one attached hydrogen (secondary N) is 1. The average Bonchev–Trinajstić information content (AvgIpc) is 2.57. The highest BCUT2D eigenvalue weighted by molar-refractivity contribution is 5.98. The molecule has 0 aliphatic carbocycles. The van der Waals surface area contributed by atoms with Crippen LogP contribution in [0.5, 0.6) is 0 Å². The van der Waals surface area contributed by atoms with Gasteiger partial charge in [0.1, 0.15) is 5.82 Å². The standard InChI is InChI=1S/C17H21N5O/c1-22-9-7-13(8-10-22)20-17(23)14-11-19-16(21-15(14)18)12-5-3-2-4-6-12/h2-6,11,13H,7-10H2,1H3,(H,20,23)(H2,18,19,21). The number of nitrogens with zero attached hydrogens (tertiary/aromatic N) is 3. The first-order valence-electron chi connectivity index (χ1n) is 7.81. The number of nitrogen functional groups attached to an aromatic ring is 1. The third kappa shape index (κ3) is 3.65. The van der Waals surface area contributed by atoms with Crippen molar-refractivity contribution in [3.63, 3.8) is 0 Å². The minimum absolute atomic E-state index is 0.187. The number of nitrogens with two attached hydrogens (primary N) is 1. The summed E-state index contributed by atoms with van der Waals surface area (Å²) in [6, 6.07) is 9.76. The van der Waals surface area contributed by atoms with Crippen molar-refractivity contribution in [3.8, 4) is 11.4 Å². The molecule has 2 aromatic rings. The van der Waals surface area contributed by atoms with E-state index in [-0.39, 0.29) is 17.8 Å². The molecule has 23 heavy (non-hydrogen) atoms. The zero-order chi connectivity index (χ0) is 16.2. The Labute approximate surface area is 135 Å². The second kappa shape index (κ2) is 6.75. The summed E-state index contributed by atoms with van der Waals surface area (Å²) in [6.45, 7) is 1.98. The molecular formula is C17H21N5O. The van der Waals surface area contributed by atoms with Gasteiger partial charge >= 0.3 is 0 Å². The van der Waals surface area contributed by atoms with Crippen LogP contribution >= 0.6 is 0 Å². The largest absolute Gasteiger partial charge is 0.383 e. The molecule has 0 unspecified atom stereocenters. The number of amides is 1. The van der Waals surface area contributed by atoms with Gasteiger partial charge in [0.25, 0.3) is 5.91 Å². The number of carbonyl (C=O) groups excluding carboxylic acids is 1. The molecule has 1 amide bonds. The first-order chi connectivity index (χ1) is 11.1. The van der Waals surface area contributed by atoms with E-state index >= 15 is 0 Å². The lowest BCUT2D eigenvalue weighted by molar-refractivity contribution is 0.0917. The molecule has 2 heterocycles. The number of likely N-dealkylation sites (tertiary alicyclic amines) is 1. The highest BCUT2D eigenvalue weighted by Crippen LogP contribution is 2.18. The molecule has 1 aromatic carbocycles. The predicted octanol–water partition coefficient (Wildman–Crippen LogP) is 1.55. The fourth-order valence-electron chi connectivity index (χ4n) is 2.71. The number of carbonyl (C=O) groups is 1. The Morgan fingerprint density at radius 1 is 1.26 bits per heavy atom. The highest BCUT2D eigenvalue weighted by atomic mass is 16.1. The van der Waals surface area contributed by atoms with Crippen LogP contribution in [0.2, 0.25) is 0 Å². The van der Waals surface area contributed by atoms with E-state index in [0.29, 0.717) is 11.4 Å². The quantitative estimate of drug-likeness (QED) is 0.898. The van der Waals surface area contributed by atoms with Crippen LogP contribution < -0.4 is 11.1 Å². The fourth-order valence-corrected chi connectivity index (χ4v) is 2.71. The van der Waals surface area contributed by atoms with Crippen LogP contribution in [-0.2, 0) is 0 Å². The summed E-state index contributed by atoms with van der Waals surface area (Å²) < 4.78 is 0. The summed E-state index contributed by atoms with van der Waals surface area (Å²) in [4.78, 5) is 23.2. The normalized spacial score (nSPS) is 16.2. The summed E-state index contributed by atoms with van der Waals surface area (Å²) in [5, 5.41) is 3.03. The Morgan fingerprint density at radius 2 is 1.96 bits per heavy atom. The number of piperidine rings is 1. The minimum atomic E-state index is -0.198. The van der Waals surface area contributed by atoms with Crippen molar-refractivity contribution < 1.29 is 4.79 Å². The lowest BCUT2D eigenvalue weighted by Gasteiger charge is -2.29. The van der Waals surface area contributed by atoms with Gasteiger partial charge in [0.15, 0.2) is 5.82 Å². The van der Waals surface area contributed by atoms with E-state index in [0.717, 1.165) is 31.5 Å². The fraction of sp³-hybridized carbons (Fsp3) is 0.353. The van der Waals surface area contributed by atoms with Crippen LogP contribution in [0.4, 0.5) is 5.82 Å². The Balaban J connectivity index is 1.72. The molecule has 3 N–H and O–H groups in total. The van der Waals surface area contributed by atoms with Crippen LogP contribution in [0, 0.1) is 0 Å². The summed E-state index contributed by atoms with van der Waals surface area (Å²) in [6.07, 6.45) is 3.41. The maximum absolute atomic E-state index is 12.4. The Morgan fingerprint density at radius 3 is 2.61 bits per heavy atom. The summed E-state index contributed by atoms with van der Waals surface area (Å²) in [7, 11) is 2.09. The lowest BCUT2D eigenvalue weighted by atomic mass is 10.1. The van der Waals surface area contributed by atoms with Crippen LogP contribution in [0.1, 0.15) is 23.2 Å². The van der Waals surface area contributed by atoms with Crippen LogP contribution in [0.3, 0.4) is 0 Å². The van der Waals surface area contributed by atoms with Gasteiger partial charge in [-0.2, -0.15) is 0 Å². The van der Waals surface area contributed by atoms with E-state index in [2.05, 4.69) is 27.2 Å². The molecule has 0 atom stereocenters. The monoisotopic (exact) mass is 311 g/mol. The number of rotatable bonds is 3. The summed E-state index contributed by atoms with van der Waals surface area (Å²) in [5.74, 6) is 0.542. The Bertz CT molecular complexity index is 681. The minimum Gasteiger partial charge on any atom is -0.383 e. The zero-order valence-corrected chi connectivity index (χ0v) is 13.2. The maximum Gasteiger partial charge on any atom is 0.256 e. The molecule has 1 saturated heterocycles. The van der Waals surface area contributed by atoms with Crippen LogP contribution in [0.25, 0.3) is 11.4 Å². The zero-order valence-electron chi connectivity index (χ0n) is 13.2. The number of anilines is 1. The smallest absolute Gasteiger partial charge is 0.256 e. The first-order valence-corrected chi connectivity index (χ1v) is 7.81. The van der Waals surface area contributed by atoms with Crippen LogP contribution in [-0.4, -0.2) is 47.0 Å². The number of hydrogen-bond donors (Lipinski definition) is 2. The Hall–Kier alpha value is -2.47. The molecule has 3 rings (SSSR count). The second-order valence-corrected chi connectivity index (χ2v) is 5.91. The third-order valence-electron chi connectivity index (χ3n) is 4.15. The van der Waals surface area contributed by atoms with E-state index in [9.17, 15) is 4.79 Å². The molecule has 120 valence electrons. The van der Waals surface area contributed by atoms with Crippen molar-refractivity contribution in [2.75, 3.05) is 25.9 Å². The van der Waals surface area contributed by atoms with Crippen molar-refractivity contribution in [2.24, 2.45) is 0 Å². The second-order valence-electron chi connectivity index (χ2n) is 5.91. The predicted molar refractivity (Wildman–Crippen MR) is 89.9 cm³/mol. The van der Waals surface area contributed by atoms with Gasteiger partial charge in [0, 0.05) is 17.8 Å². The van der Waals surface area contributed by atoms with E-state index in [1.165, 1.54) is 6.20 Å². The SMILES string of the molecule is CN1CCC(NC(=O)c2cnc(-c3ccccc3)nc2N)CC1. The van der Waals surface area contributed by atoms with Gasteiger partial charge in [-0.25, -0.2) is 9.97 Å². The number of benzene rings is 1. The van der Waals surface area contributed by atoms with Crippen molar-refractivity contribution in [2.45, 2.75) is 18.9 Å². The molecular weight excluding hydrogens is 290 g/mol. The molecule has 0 radical (unpaired) electrons. The molecule has 1 aliphatic rings. The van der Waals surface area contributed by atoms with Gasteiger partial charge in [0.05, 0.1) is 5.56 Å². The molecule has 0 spiro atoms. The molecule has 1 fully saturated rings. The highest BCUT2D eigenvalue weighted by Gasteiger charge is 2.21. The summed E-state index contributed by atoms with van der Waals surface area (Å²) >= 11 is 0. The van der Waals surface area contributed by atoms with Gasteiger partial charge in [-0.05, 0) is 33.0 Å². The first kappa shape index (κ1) is 15.4. The van der Waals surface area contributed by atoms with E-state index in [4.69, 9.17) is 5.73 Å². The van der Waals surface area contributed by atoms with Crippen molar-refractivity contribution in [3.05, 3.63) is 42.1 Å². The van der Waals surface area contributed by atoms with Crippen molar-refractivity contribution in [1.82, 2.24) is 20.2 Å². The molecule has 6 nitrogen and oxygen atoms in total. The van der Waals surface area contributed by atoms with Gasteiger partial charge in [-0.15, -0.1) is 0 Å². The van der Waals surface area contributed by atoms with Gasteiger partial charge in [-0.3, -0.25) is 4.79 Å². The lowest BCUT2D eigenvalue weighted by Crippen LogP contribution is -2.43. The Kier molecular flexibility index (Phi) is 4.52. The van der Waals surface area contributed by atoms with Gasteiger partial charge in [-0.1, -0.05) is 30.3 Å². The number of hydrogen-bond acceptors (Lipinski definition) is 5. The average molecular weight is 311 g/mol. The maximum atomic E-state index is 12.4. The van der Waals surface area contributed by atoms with Gasteiger partial charge < -0.3 is 16.0 Å².